The van der Waals surface area contributed by atoms with Gasteiger partial charge in [0.15, 0.2) is 23.3 Å². The molecule has 5 heterocycles. The van der Waals surface area contributed by atoms with Crippen LogP contribution in [0.25, 0.3) is 89.7 Å². The molecular weight excluding hydrogens is 1090 g/mol. The number of hydrogen-bond donors (Lipinski definition) is 2. The van der Waals surface area contributed by atoms with Gasteiger partial charge in [0, 0.05) is 43.8 Å². The van der Waals surface area contributed by atoms with Crippen LogP contribution >= 0.6 is 0 Å². The number of aromatic nitrogens is 8. The summed E-state index contributed by atoms with van der Waals surface area (Å²) in [6, 6.07) is 40.8. The fraction of sp³-hybridized carbons (Fsp3) is 0.529. The van der Waals surface area contributed by atoms with Gasteiger partial charge in [0.1, 0.15) is 22.6 Å². The Kier molecular flexibility index (Phi) is 25.2. The molecule has 2 N–H and O–H groups in total. The second-order valence-corrected chi connectivity index (χ2v) is 35.9. The molecule has 2 aliphatic rings. The van der Waals surface area contributed by atoms with Crippen LogP contribution in [0.1, 0.15) is 196 Å². The standard InChI is InChI=1S/C36H80GeO2Si2.C32H18N8/c1-7-13-19-25-31-40(32-26-20-14-8-2,33-27-21-15-9-3)38-37-39-41(34-28-22-16-10-4,35-29-23-17-11-5)36-30-24-18-12-6;1-2-10-18-17(9-1)25-33-26(18)38-28-21-13-5-6-14-22(21)30(35-28)40-32-24-16-8-7-15-23(24)31(36-32)39-29-20-12-4-3-11-19(20)27(34-29)37-25/h7-37H2,1-6H3;1-16H,(H2,33,34,35,36,37,38,39,40). The molecule has 10 nitrogen and oxygen atoms in total. The molecule has 0 atom stereocenters. The average Bonchev–Trinajstić information content (AvgIpc) is 4.34. The van der Waals surface area contributed by atoms with Crippen LogP contribution in [0.4, 0.5) is 0 Å². The minimum Gasteiger partial charge on any atom is -0.324 e. The summed E-state index contributed by atoms with van der Waals surface area (Å²) in [4.78, 5) is 36.8. The third-order valence-corrected chi connectivity index (χ3v) is 35.3. The van der Waals surface area contributed by atoms with Crippen LogP contribution in [-0.4, -0.2) is 72.6 Å². The van der Waals surface area contributed by atoms with Gasteiger partial charge in [0.05, 0.1) is 0 Å². The zero-order chi connectivity index (χ0) is 56.5. The van der Waals surface area contributed by atoms with Crippen molar-refractivity contribution in [2.75, 3.05) is 0 Å². The first-order chi connectivity index (χ1) is 39.9. The topological polar surface area (TPSA) is 127 Å². The molecule has 0 spiro atoms. The van der Waals surface area contributed by atoms with Gasteiger partial charge < -0.3 is 9.97 Å². The summed E-state index contributed by atoms with van der Waals surface area (Å²) in [6.07, 6.45) is 33.4. The minimum atomic E-state index is -1.70. The Balaban J connectivity index is 0.000000212. The molecule has 0 fully saturated rings. The van der Waals surface area contributed by atoms with Crippen LogP contribution in [-0.2, 0) is 6.91 Å². The van der Waals surface area contributed by atoms with Crippen LogP contribution < -0.4 is 0 Å². The van der Waals surface area contributed by atoms with E-state index in [-0.39, 0.29) is 0 Å². The second kappa shape index (κ2) is 32.8. The number of rotatable bonds is 34. The summed E-state index contributed by atoms with van der Waals surface area (Å²) >= 11 is -1.45. The molecule has 0 saturated heterocycles. The van der Waals surface area contributed by atoms with E-state index in [1.807, 2.05) is 97.1 Å². The largest absolute Gasteiger partial charge is 0.324 e. The van der Waals surface area contributed by atoms with Gasteiger partial charge in [-0.25, -0.2) is 29.9 Å². The Morgan fingerprint density at radius 2 is 0.519 bits per heavy atom. The summed E-state index contributed by atoms with van der Waals surface area (Å²) in [5.74, 6) is 2.39. The van der Waals surface area contributed by atoms with Crippen molar-refractivity contribution in [1.82, 2.24) is 39.9 Å². The molecule has 0 aliphatic carbocycles. The fourth-order valence-electron chi connectivity index (χ4n) is 12.3. The van der Waals surface area contributed by atoms with E-state index in [0.717, 1.165) is 43.8 Å². The van der Waals surface area contributed by atoms with E-state index in [2.05, 4.69) is 51.5 Å². The summed E-state index contributed by atoms with van der Waals surface area (Å²) in [6.45, 7) is 14.1. The van der Waals surface area contributed by atoms with Gasteiger partial charge in [-0.3, -0.25) is 0 Å². The van der Waals surface area contributed by atoms with Gasteiger partial charge in [0.2, 0.25) is 0 Å². The van der Waals surface area contributed by atoms with E-state index in [0.29, 0.717) is 45.9 Å². The van der Waals surface area contributed by atoms with E-state index < -0.39 is 32.7 Å². The molecule has 4 aromatic carbocycles. The Labute approximate surface area is 495 Å². The molecule has 0 amide bonds. The van der Waals surface area contributed by atoms with Gasteiger partial charge in [-0.1, -0.05) is 97.1 Å². The van der Waals surface area contributed by atoms with Gasteiger partial charge in [-0.2, -0.15) is 0 Å². The van der Waals surface area contributed by atoms with E-state index >= 15 is 0 Å². The first-order valence-corrected chi connectivity index (χ1v) is 39.8. The van der Waals surface area contributed by atoms with E-state index in [1.54, 1.807) is 0 Å². The number of fused-ring (bicyclic) bond motifs is 20. The molecule has 13 heteroatoms. The monoisotopic (exact) mass is 1190 g/mol. The number of nitrogens with zero attached hydrogens (tertiary/aromatic N) is 6. The Hall–Kier alpha value is -4.86. The van der Waals surface area contributed by atoms with Crippen LogP contribution in [0, 0.1) is 0 Å². The van der Waals surface area contributed by atoms with E-state index in [4.69, 9.17) is 36.8 Å². The third-order valence-electron chi connectivity index (χ3n) is 17.1. The molecule has 434 valence electrons. The van der Waals surface area contributed by atoms with Crippen molar-refractivity contribution in [3.8, 4) is 45.6 Å². The number of nitrogens with one attached hydrogen (secondary N) is 2. The van der Waals surface area contributed by atoms with Crippen LogP contribution in [0.3, 0.4) is 0 Å². The molecule has 3 aromatic heterocycles. The zero-order valence-electron chi connectivity index (χ0n) is 50.7. The molecule has 0 saturated carbocycles. The first kappa shape index (κ1) is 62.2. The molecule has 81 heavy (non-hydrogen) atoms. The van der Waals surface area contributed by atoms with Crippen molar-refractivity contribution >= 4 is 76.9 Å². The van der Waals surface area contributed by atoms with Gasteiger partial charge in [-0.15, -0.1) is 0 Å². The molecular formula is C68H98GeN8O2Si2. The van der Waals surface area contributed by atoms with Gasteiger partial charge in [-0.05, 0) is 0 Å². The van der Waals surface area contributed by atoms with Gasteiger partial charge >= 0.3 is 272 Å². The number of H-pyrrole nitrogens is 2. The number of unbranched alkanes of at least 4 members (excludes halogenated alkanes) is 18. The van der Waals surface area contributed by atoms with Crippen molar-refractivity contribution < 1.29 is 6.91 Å². The van der Waals surface area contributed by atoms with E-state index in [1.165, 1.54) is 190 Å². The predicted molar refractivity (Wildman–Crippen MR) is 352 cm³/mol. The van der Waals surface area contributed by atoms with Crippen LogP contribution in [0.15, 0.2) is 97.1 Å². The maximum atomic E-state index is 7.45. The fourth-order valence-corrected chi connectivity index (χ4v) is 30.5. The zero-order valence-corrected chi connectivity index (χ0v) is 55.6. The number of hydrogen-bond acceptors (Lipinski definition) is 8. The number of benzene rings is 4. The van der Waals surface area contributed by atoms with Crippen molar-refractivity contribution in [3.05, 3.63) is 97.1 Å². The van der Waals surface area contributed by atoms with E-state index in [9.17, 15) is 0 Å². The Bertz CT molecular complexity index is 2770. The predicted octanol–water partition coefficient (Wildman–Crippen LogP) is 20.3. The quantitative estimate of drug-likeness (QED) is 0.0302. The van der Waals surface area contributed by atoms with Crippen molar-refractivity contribution in [3.63, 3.8) is 0 Å². The second-order valence-electron chi connectivity index (χ2n) is 23.4. The van der Waals surface area contributed by atoms with Crippen molar-refractivity contribution in [2.45, 2.75) is 232 Å². The molecule has 0 unspecified atom stereocenters. The summed E-state index contributed by atoms with van der Waals surface area (Å²) in [5, 5.41) is 3.82. The SMILES string of the molecule is CCCCCC[Si](CCCCCC)(CCCCCC)[O][GeH2][O][Si](CCCCCC)(CCCCCC)CCCCCC.c1ccc2c(c1)-c1nc-2nc2[nH]c(nc3nc(nc4[nH]c(n1)c1ccccc41)-c1ccccc1-3)c1ccccc21. The Morgan fingerprint density at radius 3 is 0.741 bits per heavy atom. The number of aromatic amines is 2. The minimum absolute atomic E-state index is 0.597. The normalized spacial score (nSPS) is 12.2. The molecule has 2 aliphatic heterocycles. The summed E-state index contributed by atoms with van der Waals surface area (Å²) in [5.41, 5.74) is 6.45. The Morgan fingerprint density at radius 1 is 0.296 bits per heavy atom. The van der Waals surface area contributed by atoms with Crippen molar-refractivity contribution in [1.29, 1.82) is 0 Å². The maximum absolute atomic E-state index is 7.45. The van der Waals surface area contributed by atoms with Crippen LogP contribution in [0.2, 0.25) is 36.3 Å². The molecule has 8 bridgehead atoms. The third kappa shape index (κ3) is 17.1. The average molecular weight is 1190 g/mol. The summed E-state index contributed by atoms with van der Waals surface area (Å²) < 4.78 is 14.9. The maximum Gasteiger partial charge on any atom is 0.164 e. The molecule has 0 radical (unpaired) electrons. The van der Waals surface area contributed by atoms with Crippen molar-refractivity contribution in [2.24, 2.45) is 0 Å². The first-order valence-electron chi connectivity index (χ1n) is 32.3. The van der Waals surface area contributed by atoms with Gasteiger partial charge in [0.25, 0.3) is 0 Å². The molecule has 9 rings (SSSR count). The van der Waals surface area contributed by atoms with Crippen LogP contribution in [0.5, 0.6) is 0 Å². The summed E-state index contributed by atoms with van der Waals surface area (Å²) in [7, 11) is -3.39. The smallest absolute Gasteiger partial charge is 0.164 e. The molecule has 7 aromatic rings.